The Kier molecular flexibility index (Phi) is 4.11. The summed E-state index contributed by atoms with van der Waals surface area (Å²) >= 11 is 6.20. The second kappa shape index (κ2) is 6.35. The number of benzene rings is 2. The van der Waals surface area contributed by atoms with E-state index in [0.29, 0.717) is 23.9 Å². The van der Waals surface area contributed by atoms with Gasteiger partial charge in [-0.25, -0.2) is 8.78 Å². The van der Waals surface area contributed by atoms with Crippen molar-refractivity contribution in [3.05, 3.63) is 69.0 Å². The van der Waals surface area contributed by atoms with Crippen molar-refractivity contribution in [1.82, 2.24) is 4.57 Å². The van der Waals surface area contributed by atoms with Crippen LogP contribution in [0, 0.1) is 11.6 Å². The van der Waals surface area contributed by atoms with E-state index in [9.17, 15) is 18.4 Å². The van der Waals surface area contributed by atoms with Gasteiger partial charge in [-0.05, 0) is 31.2 Å². The molecule has 0 saturated heterocycles. The number of rotatable bonds is 2. The first kappa shape index (κ1) is 17.5. The number of anilines is 1. The lowest BCUT2D eigenvalue weighted by atomic mass is 10.1. The Bertz CT molecular complexity index is 1160. The highest BCUT2D eigenvalue weighted by Crippen LogP contribution is 2.33. The zero-order valence-electron chi connectivity index (χ0n) is 14.1. The van der Waals surface area contributed by atoms with Crippen LogP contribution in [-0.2, 0) is 6.54 Å². The van der Waals surface area contributed by atoms with Crippen LogP contribution in [0.5, 0.6) is 5.75 Å². The zero-order chi connectivity index (χ0) is 19.3. The summed E-state index contributed by atoms with van der Waals surface area (Å²) in [5.74, 6) is -2.01. The van der Waals surface area contributed by atoms with Crippen molar-refractivity contribution in [3.8, 4) is 5.75 Å². The van der Waals surface area contributed by atoms with Gasteiger partial charge in [-0.15, -0.1) is 0 Å². The molecule has 1 amide bonds. The lowest BCUT2D eigenvalue weighted by Gasteiger charge is -2.26. The van der Waals surface area contributed by atoms with Crippen LogP contribution in [0.2, 0.25) is 5.02 Å². The van der Waals surface area contributed by atoms with Crippen LogP contribution in [-0.4, -0.2) is 16.6 Å². The Hall–Kier alpha value is -2.93. The maximum absolute atomic E-state index is 13.8. The van der Waals surface area contributed by atoms with E-state index in [0.717, 1.165) is 12.1 Å². The molecule has 4 rings (SSSR count). The molecule has 138 valence electrons. The topological polar surface area (TPSA) is 60.3 Å². The summed E-state index contributed by atoms with van der Waals surface area (Å²) in [6, 6.07) is 5.95. The van der Waals surface area contributed by atoms with Gasteiger partial charge in [-0.2, -0.15) is 0 Å². The number of carbonyl (C=O) groups excluding carboxylic acids is 1. The largest absolute Gasteiger partial charge is 0.487 e. The van der Waals surface area contributed by atoms with E-state index in [1.807, 2.05) is 6.92 Å². The number of hydrogen-bond acceptors (Lipinski definition) is 3. The van der Waals surface area contributed by atoms with Crippen LogP contribution >= 0.6 is 11.6 Å². The van der Waals surface area contributed by atoms with Gasteiger partial charge in [0.25, 0.3) is 5.91 Å². The van der Waals surface area contributed by atoms with Gasteiger partial charge in [0.05, 0.1) is 28.2 Å². The van der Waals surface area contributed by atoms with Crippen molar-refractivity contribution >= 4 is 34.1 Å². The molecule has 8 heteroatoms. The van der Waals surface area contributed by atoms with Crippen LogP contribution in [0.1, 0.15) is 17.3 Å². The third-order valence-electron chi connectivity index (χ3n) is 4.34. The van der Waals surface area contributed by atoms with Crippen LogP contribution in [0.25, 0.3) is 10.9 Å². The van der Waals surface area contributed by atoms with E-state index in [-0.39, 0.29) is 27.8 Å². The fraction of sp³-hybridized carbons (Fsp3) is 0.158. The molecule has 0 aliphatic carbocycles. The molecule has 2 aromatic carbocycles. The minimum atomic E-state index is -0.937. The Balaban J connectivity index is 1.85. The Morgan fingerprint density at radius 3 is 2.81 bits per heavy atom. The van der Waals surface area contributed by atoms with Gasteiger partial charge in [-0.1, -0.05) is 11.6 Å². The number of aromatic nitrogens is 1. The number of nitrogens with zero attached hydrogens (tertiary/aromatic N) is 1. The number of halogens is 3. The Morgan fingerprint density at radius 2 is 2.07 bits per heavy atom. The maximum Gasteiger partial charge on any atom is 0.261 e. The molecule has 1 aliphatic heterocycles. The molecule has 0 radical (unpaired) electrons. The van der Waals surface area contributed by atoms with E-state index in [1.54, 1.807) is 10.6 Å². The van der Waals surface area contributed by atoms with Gasteiger partial charge in [0, 0.05) is 12.3 Å². The van der Waals surface area contributed by atoms with Gasteiger partial charge >= 0.3 is 0 Å². The molecular weight excluding hydrogens is 378 g/mol. The lowest BCUT2D eigenvalue weighted by Crippen LogP contribution is -2.30. The minimum absolute atomic E-state index is 0.160. The number of pyridine rings is 1. The molecule has 0 fully saturated rings. The normalized spacial score (nSPS) is 15.5. The molecule has 1 atom stereocenters. The predicted molar refractivity (Wildman–Crippen MR) is 97.6 cm³/mol. The fourth-order valence-electron chi connectivity index (χ4n) is 3.17. The van der Waals surface area contributed by atoms with Crippen molar-refractivity contribution in [2.45, 2.75) is 19.6 Å². The van der Waals surface area contributed by atoms with Crippen LogP contribution < -0.4 is 15.5 Å². The van der Waals surface area contributed by atoms with E-state index >= 15 is 0 Å². The van der Waals surface area contributed by atoms with Gasteiger partial charge in [0.1, 0.15) is 29.1 Å². The third-order valence-corrected chi connectivity index (χ3v) is 4.65. The van der Waals surface area contributed by atoms with Gasteiger partial charge in [0.15, 0.2) is 0 Å². The average Bonchev–Trinajstić information content (AvgIpc) is 2.61. The van der Waals surface area contributed by atoms with Gasteiger partial charge in [-0.3, -0.25) is 9.59 Å². The number of carbonyl (C=O) groups is 1. The average molecular weight is 391 g/mol. The molecule has 0 saturated carbocycles. The zero-order valence-corrected chi connectivity index (χ0v) is 14.8. The van der Waals surface area contributed by atoms with E-state index in [4.69, 9.17) is 16.3 Å². The summed E-state index contributed by atoms with van der Waals surface area (Å²) in [5, 5.41) is 2.65. The molecule has 2 heterocycles. The molecule has 0 spiro atoms. The first-order valence-electron chi connectivity index (χ1n) is 8.14. The highest BCUT2D eigenvalue weighted by Gasteiger charge is 2.25. The molecule has 0 bridgehead atoms. The van der Waals surface area contributed by atoms with Crippen LogP contribution in [0.3, 0.4) is 0 Å². The first-order chi connectivity index (χ1) is 12.8. The van der Waals surface area contributed by atoms with Crippen LogP contribution in [0.4, 0.5) is 14.5 Å². The number of ether oxygens (including phenoxy) is 1. The molecule has 1 aromatic heterocycles. The SMILES string of the molecule is C[C@@H]1Cn2cc(C(=O)Nc3ccc(F)cc3F)c(=O)c3c(Cl)ccc(c32)O1. The number of nitrogens with one attached hydrogen (secondary N) is 1. The summed E-state index contributed by atoms with van der Waals surface area (Å²) in [5.41, 5.74) is -0.503. The molecule has 5 nitrogen and oxygen atoms in total. The van der Waals surface area contributed by atoms with E-state index < -0.39 is 23.0 Å². The van der Waals surface area contributed by atoms with Crippen molar-refractivity contribution in [3.63, 3.8) is 0 Å². The standard InChI is InChI=1S/C19H13ClF2N2O3/c1-9-7-24-8-11(19(26)23-14-4-2-10(21)6-13(14)22)18(25)16-12(20)3-5-15(27-9)17(16)24/h2-6,8-9H,7H2,1H3,(H,23,26)/t9-/m1/s1. The van der Waals surface area contributed by atoms with Crippen LogP contribution in [0.15, 0.2) is 41.3 Å². The Morgan fingerprint density at radius 1 is 1.30 bits per heavy atom. The highest BCUT2D eigenvalue weighted by atomic mass is 35.5. The minimum Gasteiger partial charge on any atom is -0.487 e. The highest BCUT2D eigenvalue weighted by molar-refractivity contribution is 6.35. The van der Waals surface area contributed by atoms with Crippen molar-refractivity contribution in [1.29, 1.82) is 0 Å². The quantitative estimate of drug-likeness (QED) is 0.720. The van der Waals surface area contributed by atoms with E-state index in [1.165, 1.54) is 12.3 Å². The molecule has 3 aromatic rings. The first-order valence-corrected chi connectivity index (χ1v) is 8.51. The van der Waals surface area contributed by atoms with Gasteiger partial charge in [0.2, 0.25) is 5.43 Å². The monoisotopic (exact) mass is 390 g/mol. The molecule has 0 unspecified atom stereocenters. The summed E-state index contributed by atoms with van der Waals surface area (Å²) < 4.78 is 34.3. The third kappa shape index (κ3) is 2.94. The van der Waals surface area contributed by atoms with Gasteiger partial charge < -0.3 is 14.6 Å². The summed E-state index contributed by atoms with van der Waals surface area (Å²) in [6.07, 6.45) is 1.23. The summed E-state index contributed by atoms with van der Waals surface area (Å²) in [6.45, 7) is 2.27. The lowest BCUT2D eigenvalue weighted by molar-refractivity contribution is 0.102. The maximum atomic E-state index is 13.8. The van der Waals surface area contributed by atoms with E-state index in [2.05, 4.69) is 5.32 Å². The smallest absolute Gasteiger partial charge is 0.261 e. The number of amides is 1. The molecular formula is C19H13ClF2N2O3. The molecule has 1 N–H and O–H groups in total. The van der Waals surface area contributed by atoms with Crippen molar-refractivity contribution in [2.75, 3.05) is 5.32 Å². The molecule has 27 heavy (non-hydrogen) atoms. The second-order valence-corrected chi connectivity index (χ2v) is 6.71. The van der Waals surface area contributed by atoms with Crippen molar-refractivity contribution < 1.29 is 18.3 Å². The predicted octanol–water partition coefficient (Wildman–Crippen LogP) is 3.97. The fourth-order valence-corrected chi connectivity index (χ4v) is 3.41. The summed E-state index contributed by atoms with van der Waals surface area (Å²) in [7, 11) is 0. The van der Waals surface area contributed by atoms with Crippen molar-refractivity contribution in [2.24, 2.45) is 0 Å². The number of hydrogen-bond donors (Lipinski definition) is 1. The Labute approximate surface area is 157 Å². The summed E-state index contributed by atoms with van der Waals surface area (Å²) in [4.78, 5) is 25.5. The molecule has 1 aliphatic rings. The second-order valence-electron chi connectivity index (χ2n) is 6.30.